The van der Waals surface area contributed by atoms with Gasteiger partial charge in [-0.3, -0.25) is 9.69 Å². The number of ether oxygens (including phenoxy) is 1. The van der Waals surface area contributed by atoms with Gasteiger partial charge in [0.05, 0.1) is 11.9 Å². The summed E-state index contributed by atoms with van der Waals surface area (Å²) in [7, 11) is 1.69. The number of carbonyl (C=O) groups is 1. The van der Waals surface area contributed by atoms with E-state index in [1.54, 1.807) is 18.9 Å². The molecule has 3 rings (SSSR count). The Morgan fingerprint density at radius 1 is 1.12 bits per heavy atom. The zero-order chi connectivity index (χ0) is 17.0. The lowest BCUT2D eigenvalue weighted by Gasteiger charge is -2.42. The number of nitrogens with zero attached hydrogens (tertiary/aromatic N) is 2. The van der Waals surface area contributed by atoms with Gasteiger partial charge in [0.25, 0.3) is 0 Å². The molecule has 1 saturated carbocycles. The number of methoxy groups -OCH3 is 1. The highest BCUT2D eigenvalue weighted by Crippen LogP contribution is 2.44. The van der Waals surface area contributed by atoms with Crippen LogP contribution in [0.2, 0.25) is 0 Å². The van der Waals surface area contributed by atoms with Crippen molar-refractivity contribution in [3.05, 3.63) is 29.8 Å². The van der Waals surface area contributed by atoms with E-state index in [4.69, 9.17) is 4.74 Å². The molecule has 2 fully saturated rings. The van der Waals surface area contributed by atoms with Gasteiger partial charge in [-0.05, 0) is 49.6 Å². The lowest BCUT2D eigenvalue weighted by molar-refractivity contribution is -0.135. The molecule has 2 aliphatic rings. The number of hydrogen-bond acceptors (Lipinski definition) is 4. The Labute approximate surface area is 149 Å². The fourth-order valence-corrected chi connectivity index (χ4v) is 4.61. The van der Waals surface area contributed by atoms with Gasteiger partial charge in [-0.2, -0.15) is 0 Å². The molecular weight excluding hydrogens is 320 g/mol. The molecule has 132 valence electrons. The van der Waals surface area contributed by atoms with Crippen LogP contribution in [-0.4, -0.2) is 60.0 Å². The fraction of sp³-hybridized carbons (Fsp3) is 0.632. The maximum Gasteiger partial charge on any atom is 0.238 e. The van der Waals surface area contributed by atoms with Crippen LogP contribution in [0, 0.1) is 0 Å². The lowest BCUT2D eigenvalue weighted by Crippen LogP contribution is -2.51. The molecule has 0 spiro atoms. The minimum atomic E-state index is -0.106. The minimum Gasteiger partial charge on any atom is -0.497 e. The van der Waals surface area contributed by atoms with Crippen molar-refractivity contribution < 1.29 is 9.53 Å². The van der Waals surface area contributed by atoms with Crippen LogP contribution >= 0.6 is 11.8 Å². The van der Waals surface area contributed by atoms with Crippen LogP contribution in [0.4, 0.5) is 0 Å². The number of benzene rings is 1. The minimum absolute atomic E-state index is 0.106. The molecule has 0 radical (unpaired) electrons. The smallest absolute Gasteiger partial charge is 0.238 e. The first-order valence-electron chi connectivity index (χ1n) is 8.87. The summed E-state index contributed by atoms with van der Waals surface area (Å²) in [6, 6.07) is 8.29. The number of rotatable bonds is 5. The average molecular weight is 349 g/mol. The van der Waals surface area contributed by atoms with Crippen LogP contribution in [0.1, 0.15) is 31.2 Å². The summed E-state index contributed by atoms with van der Waals surface area (Å²) in [5, 5.41) is 0. The second kappa shape index (κ2) is 7.79. The van der Waals surface area contributed by atoms with E-state index in [2.05, 4.69) is 28.2 Å². The van der Waals surface area contributed by atoms with E-state index < -0.39 is 0 Å². The fourth-order valence-electron chi connectivity index (χ4n) is 3.61. The molecule has 0 N–H and O–H groups in total. The molecule has 4 nitrogen and oxygen atoms in total. The van der Waals surface area contributed by atoms with Crippen molar-refractivity contribution in [3.63, 3.8) is 0 Å². The summed E-state index contributed by atoms with van der Waals surface area (Å²) in [6.07, 6.45) is 6.46. The van der Waals surface area contributed by atoms with Crippen molar-refractivity contribution >= 4 is 17.7 Å². The summed E-state index contributed by atoms with van der Waals surface area (Å²) >= 11 is 1.76. The highest BCUT2D eigenvalue weighted by Gasteiger charge is 2.45. The Bertz CT molecular complexity index is 551. The van der Waals surface area contributed by atoms with E-state index >= 15 is 0 Å². The van der Waals surface area contributed by atoms with Gasteiger partial charge in [-0.25, -0.2) is 0 Å². The van der Waals surface area contributed by atoms with E-state index in [-0.39, 0.29) is 4.75 Å². The third-order valence-electron chi connectivity index (χ3n) is 5.38. The number of carbonyl (C=O) groups excluding carboxylic acids is 1. The van der Waals surface area contributed by atoms with E-state index in [9.17, 15) is 4.79 Å². The van der Waals surface area contributed by atoms with Crippen LogP contribution in [0.3, 0.4) is 0 Å². The predicted octanol–water partition coefficient (Wildman–Crippen LogP) is 3.02. The Hall–Kier alpha value is -1.20. The van der Waals surface area contributed by atoms with Crippen molar-refractivity contribution in [2.24, 2.45) is 0 Å². The van der Waals surface area contributed by atoms with Gasteiger partial charge in [0.2, 0.25) is 5.91 Å². The van der Waals surface area contributed by atoms with Crippen molar-refractivity contribution in [2.75, 3.05) is 39.5 Å². The summed E-state index contributed by atoms with van der Waals surface area (Å²) < 4.78 is 5.11. The largest absolute Gasteiger partial charge is 0.497 e. The molecule has 1 saturated heterocycles. The standard InChI is InChI=1S/C19H28N2O2S/c1-23-17-7-5-16(6-8-17)15-20-11-4-12-21(14-13-20)18(22)19(24-2)9-3-10-19/h5-8H,3-4,9-15H2,1-2H3. The Morgan fingerprint density at radius 2 is 1.88 bits per heavy atom. The molecule has 1 heterocycles. The first kappa shape index (κ1) is 17.6. The normalized spacial score (nSPS) is 21.0. The van der Waals surface area contributed by atoms with Crippen molar-refractivity contribution in [1.29, 1.82) is 0 Å². The van der Waals surface area contributed by atoms with Crippen LogP contribution in [0.25, 0.3) is 0 Å². The summed E-state index contributed by atoms with van der Waals surface area (Å²) in [6.45, 7) is 4.72. The van der Waals surface area contributed by atoms with E-state index in [1.807, 2.05) is 12.1 Å². The molecule has 1 aromatic rings. The first-order valence-corrected chi connectivity index (χ1v) is 10.1. The van der Waals surface area contributed by atoms with E-state index in [0.29, 0.717) is 5.91 Å². The van der Waals surface area contributed by atoms with Gasteiger partial charge >= 0.3 is 0 Å². The van der Waals surface area contributed by atoms with Gasteiger partial charge in [0.15, 0.2) is 0 Å². The Morgan fingerprint density at radius 3 is 2.46 bits per heavy atom. The van der Waals surface area contributed by atoms with Crippen LogP contribution in [0.15, 0.2) is 24.3 Å². The molecule has 1 aliphatic carbocycles. The van der Waals surface area contributed by atoms with Crippen LogP contribution in [-0.2, 0) is 11.3 Å². The molecule has 0 bridgehead atoms. The first-order chi connectivity index (χ1) is 11.7. The number of amides is 1. The maximum atomic E-state index is 12.9. The molecule has 0 unspecified atom stereocenters. The zero-order valence-electron chi connectivity index (χ0n) is 14.8. The molecule has 1 aromatic carbocycles. The highest BCUT2D eigenvalue weighted by molar-refractivity contribution is 8.00. The van der Waals surface area contributed by atoms with Gasteiger partial charge in [-0.1, -0.05) is 12.1 Å². The van der Waals surface area contributed by atoms with Crippen molar-refractivity contribution in [3.8, 4) is 5.75 Å². The molecule has 24 heavy (non-hydrogen) atoms. The van der Waals surface area contributed by atoms with Crippen molar-refractivity contribution in [2.45, 2.75) is 37.0 Å². The van der Waals surface area contributed by atoms with Gasteiger partial charge in [0, 0.05) is 32.7 Å². The van der Waals surface area contributed by atoms with E-state index in [1.165, 1.54) is 12.0 Å². The SMILES string of the molecule is COc1ccc(CN2CCCN(C(=O)C3(SC)CCC3)CC2)cc1. The van der Waals surface area contributed by atoms with Gasteiger partial charge in [0.1, 0.15) is 5.75 Å². The third-order valence-corrected chi connectivity index (χ3v) is 6.75. The van der Waals surface area contributed by atoms with Crippen LogP contribution < -0.4 is 4.74 Å². The topological polar surface area (TPSA) is 32.8 Å². The van der Waals surface area contributed by atoms with E-state index in [0.717, 1.165) is 57.7 Å². The number of thioether (sulfide) groups is 1. The average Bonchev–Trinajstić information content (AvgIpc) is 2.80. The summed E-state index contributed by atoms with van der Waals surface area (Å²) in [4.78, 5) is 17.5. The number of hydrogen-bond donors (Lipinski definition) is 0. The molecule has 1 aliphatic heterocycles. The molecule has 0 atom stereocenters. The van der Waals surface area contributed by atoms with Gasteiger partial charge < -0.3 is 9.64 Å². The van der Waals surface area contributed by atoms with Crippen molar-refractivity contribution in [1.82, 2.24) is 9.80 Å². The second-order valence-electron chi connectivity index (χ2n) is 6.82. The third kappa shape index (κ3) is 3.72. The van der Waals surface area contributed by atoms with Gasteiger partial charge in [-0.15, -0.1) is 11.8 Å². The molecule has 5 heteroatoms. The predicted molar refractivity (Wildman–Crippen MR) is 99.6 cm³/mol. The second-order valence-corrected chi connectivity index (χ2v) is 8.01. The Kier molecular flexibility index (Phi) is 5.72. The lowest BCUT2D eigenvalue weighted by atomic mass is 9.83. The quantitative estimate of drug-likeness (QED) is 0.819. The highest BCUT2D eigenvalue weighted by atomic mass is 32.2. The zero-order valence-corrected chi connectivity index (χ0v) is 15.6. The summed E-state index contributed by atoms with van der Waals surface area (Å²) in [5.41, 5.74) is 1.30. The Balaban J connectivity index is 1.55. The molecule has 1 amide bonds. The molecule has 0 aromatic heterocycles. The monoisotopic (exact) mass is 348 g/mol. The summed E-state index contributed by atoms with van der Waals surface area (Å²) in [5.74, 6) is 1.28. The van der Waals surface area contributed by atoms with Crippen LogP contribution in [0.5, 0.6) is 5.75 Å². The molecular formula is C19H28N2O2S. The maximum absolute atomic E-state index is 12.9.